The van der Waals surface area contributed by atoms with Crippen LogP contribution in [0.4, 0.5) is 15.0 Å². The first-order chi connectivity index (χ1) is 12.0. The van der Waals surface area contributed by atoms with E-state index >= 15 is 0 Å². The number of hydrogen-bond acceptors (Lipinski definition) is 4. The van der Waals surface area contributed by atoms with Gasteiger partial charge in [-0.2, -0.15) is 0 Å². The second-order valence-electron chi connectivity index (χ2n) is 5.80. The van der Waals surface area contributed by atoms with E-state index in [1.54, 1.807) is 12.1 Å². The summed E-state index contributed by atoms with van der Waals surface area (Å²) in [6.07, 6.45) is 1.97. The molecule has 1 aromatic carbocycles. The van der Waals surface area contributed by atoms with Crippen LogP contribution in [0.2, 0.25) is 5.02 Å². The van der Waals surface area contributed by atoms with E-state index in [2.05, 4.69) is 9.97 Å². The average Bonchev–Trinajstić information content (AvgIpc) is 3.00. The van der Waals surface area contributed by atoms with Gasteiger partial charge in [0.1, 0.15) is 11.6 Å². The van der Waals surface area contributed by atoms with Gasteiger partial charge in [0.05, 0.1) is 23.5 Å². The average molecular weight is 362 g/mol. The van der Waals surface area contributed by atoms with Crippen LogP contribution < -0.4 is 5.73 Å². The van der Waals surface area contributed by atoms with Gasteiger partial charge >= 0.3 is 6.09 Å². The summed E-state index contributed by atoms with van der Waals surface area (Å²) in [5.41, 5.74) is 6.56. The van der Waals surface area contributed by atoms with E-state index in [0.29, 0.717) is 46.8 Å². The Morgan fingerprint density at radius 2 is 2.08 bits per heavy atom. The van der Waals surface area contributed by atoms with Crippen LogP contribution in [-0.2, 0) is 13.1 Å². The van der Waals surface area contributed by atoms with Gasteiger partial charge in [0.15, 0.2) is 5.82 Å². The maximum atomic E-state index is 14.8. The first-order valence-electron chi connectivity index (χ1n) is 7.51. The number of benzene rings is 1. The molecule has 0 radical (unpaired) electrons. The number of imidazole rings is 1. The summed E-state index contributed by atoms with van der Waals surface area (Å²) in [6, 6.07) is 3.28. The lowest BCUT2D eigenvalue weighted by atomic mass is 10.1. The maximum absolute atomic E-state index is 14.8. The van der Waals surface area contributed by atoms with E-state index < -0.39 is 11.9 Å². The van der Waals surface area contributed by atoms with E-state index in [4.69, 9.17) is 22.4 Å². The van der Waals surface area contributed by atoms with Crippen molar-refractivity contribution >= 4 is 34.3 Å². The van der Waals surface area contributed by atoms with Gasteiger partial charge in [-0.15, -0.1) is 0 Å². The summed E-state index contributed by atoms with van der Waals surface area (Å²) in [5.74, 6) is 0.311. The van der Waals surface area contributed by atoms with E-state index in [9.17, 15) is 9.18 Å². The molecule has 0 bridgehead atoms. The van der Waals surface area contributed by atoms with Gasteiger partial charge in [-0.05, 0) is 17.5 Å². The number of nitrogen functional groups attached to an aromatic ring is 1. The lowest BCUT2D eigenvalue weighted by molar-refractivity contribution is 0.132. The number of nitrogens with zero attached hydrogens (tertiary/aromatic N) is 4. The molecule has 0 saturated carbocycles. The molecular formula is C16H13ClFN5O2. The Kier molecular flexibility index (Phi) is 3.50. The number of rotatable bonds is 1. The highest BCUT2D eigenvalue weighted by molar-refractivity contribution is 6.36. The standard InChI is InChI=1S/C16H13ClFN5O2/c17-14-10-5-20-12(19)4-8(10)3-9(15(14)18)11-6-21-13-7-22(16(24)25)1-2-23(11)13/h3-6H,1-2,7H2,(H2,19,20)(H,24,25). The van der Waals surface area contributed by atoms with Crippen molar-refractivity contribution in [3.8, 4) is 11.3 Å². The number of aromatic nitrogens is 3. The molecule has 25 heavy (non-hydrogen) atoms. The number of nitrogens with two attached hydrogens (primary N) is 1. The fourth-order valence-electron chi connectivity index (χ4n) is 3.07. The summed E-state index contributed by atoms with van der Waals surface area (Å²) in [6.45, 7) is 0.866. The zero-order valence-electron chi connectivity index (χ0n) is 12.9. The molecule has 9 heteroatoms. The number of carbonyl (C=O) groups is 1. The van der Waals surface area contributed by atoms with Crippen LogP contribution in [0.1, 0.15) is 5.82 Å². The first-order valence-corrected chi connectivity index (χ1v) is 7.89. The molecule has 4 rings (SSSR count). The molecule has 0 fully saturated rings. The van der Waals surface area contributed by atoms with Crippen LogP contribution in [0.25, 0.3) is 22.0 Å². The molecule has 0 saturated heterocycles. The number of anilines is 1. The van der Waals surface area contributed by atoms with Crippen LogP contribution in [0.5, 0.6) is 0 Å². The summed E-state index contributed by atoms with van der Waals surface area (Å²) in [4.78, 5) is 20.6. The van der Waals surface area contributed by atoms with Gasteiger partial charge in [0.25, 0.3) is 0 Å². The van der Waals surface area contributed by atoms with Crippen LogP contribution in [0, 0.1) is 5.82 Å². The monoisotopic (exact) mass is 361 g/mol. The smallest absolute Gasteiger partial charge is 0.407 e. The molecule has 0 unspecified atom stereocenters. The molecular weight excluding hydrogens is 349 g/mol. The lowest BCUT2D eigenvalue weighted by Gasteiger charge is -2.26. The van der Waals surface area contributed by atoms with E-state index in [1.807, 2.05) is 4.57 Å². The number of pyridine rings is 1. The molecule has 3 aromatic rings. The van der Waals surface area contributed by atoms with Crippen molar-refractivity contribution in [1.29, 1.82) is 0 Å². The zero-order valence-corrected chi connectivity index (χ0v) is 13.7. The minimum absolute atomic E-state index is 0.0291. The fraction of sp³-hybridized carbons (Fsp3) is 0.188. The summed E-state index contributed by atoms with van der Waals surface area (Å²) in [7, 11) is 0. The maximum Gasteiger partial charge on any atom is 0.407 e. The number of carboxylic acid groups (broad SMARTS) is 1. The third-order valence-electron chi connectivity index (χ3n) is 4.33. The first kappa shape index (κ1) is 15.6. The molecule has 2 aromatic heterocycles. The van der Waals surface area contributed by atoms with Crippen molar-refractivity contribution in [1.82, 2.24) is 19.4 Å². The Hall–Kier alpha value is -2.87. The quantitative estimate of drug-likeness (QED) is 0.694. The Morgan fingerprint density at radius 1 is 1.28 bits per heavy atom. The van der Waals surface area contributed by atoms with E-state index in [-0.39, 0.29) is 11.6 Å². The van der Waals surface area contributed by atoms with Crippen LogP contribution in [0.3, 0.4) is 0 Å². The molecule has 1 aliphatic rings. The normalized spacial score (nSPS) is 13.9. The second kappa shape index (κ2) is 5.59. The molecule has 0 aliphatic carbocycles. The van der Waals surface area contributed by atoms with Crippen LogP contribution in [-0.4, -0.2) is 37.2 Å². The van der Waals surface area contributed by atoms with Gasteiger partial charge in [-0.25, -0.2) is 19.2 Å². The molecule has 0 spiro atoms. The van der Waals surface area contributed by atoms with Gasteiger partial charge in [-0.3, -0.25) is 4.90 Å². The van der Waals surface area contributed by atoms with E-state index in [0.717, 1.165) is 0 Å². The summed E-state index contributed by atoms with van der Waals surface area (Å²) >= 11 is 6.18. The highest BCUT2D eigenvalue weighted by atomic mass is 35.5. The Morgan fingerprint density at radius 3 is 2.84 bits per heavy atom. The SMILES string of the molecule is Nc1cc2cc(-c3cnc4n3CCN(C(=O)O)C4)c(F)c(Cl)c2cn1. The number of amides is 1. The number of hydrogen-bond donors (Lipinski definition) is 2. The van der Waals surface area contributed by atoms with Crippen molar-refractivity contribution in [3.05, 3.63) is 41.2 Å². The fourth-order valence-corrected chi connectivity index (χ4v) is 3.33. The van der Waals surface area contributed by atoms with Crippen molar-refractivity contribution in [2.24, 2.45) is 0 Å². The number of fused-ring (bicyclic) bond motifs is 2. The third kappa shape index (κ3) is 2.45. The lowest BCUT2D eigenvalue weighted by Crippen LogP contribution is -2.37. The molecule has 3 heterocycles. The second-order valence-corrected chi connectivity index (χ2v) is 6.18. The molecule has 7 nitrogen and oxygen atoms in total. The van der Waals surface area contributed by atoms with Crippen molar-refractivity contribution in [2.75, 3.05) is 12.3 Å². The zero-order chi connectivity index (χ0) is 17.7. The van der Waals surface area contributed by atoms with Gasteiger partial charge in [-0.1, -0.05) is 11.6 Å². The summed E-state index contributed by atoms with van der Waals surface area (Å²) in [5, 5.41) is 10.2. The molecule has 128 valence electrons. The molecule has 3 N–H and O–H groups in total. The summed E-state index contributed by atoms with van der Waals surface area (Å²) < 4.78 is 16.6. The largest absolute Gasteiger partial charge is 0.465 e. The van der Waals surface area contributed by atoms with Gasteiger partial charge < -0.3 is 15.4 Å². The van der Waals surface area contributed by atoms with Gasteiger partial charge in [0.2, 0.25) is 0 Å². The van der Waals surface area contributed by atoms with E-state index in [1.165, 1.54) is 17.3 Å². The van der Waals surface area contributed by atoms with Crippen molar-refractivity contribution < 1.29 is 14.3 Å². The Bertz CT molecular complexity index is 1020. The minimum atomic E-state index is -1.00. The highest BCUT2D eigenvalue weighted by Crippen LogP contribution is 2.35. The molecule has 1 aliphatic heterocycles. The number of halogens is 2. The highest BCUT2D eigenvalue weighted by Gasteiger charge is 2.25. The van der Waals surface area contributed by atoms with Gasteiger partial charge in [0, 0.05) is 30.2 Å². The van der Waals surface area contributed by atoms with Crippen LogP contribution >= 0.6 is 11.6 Å². The molecule has 0 atom stereocenters. The molecule has 1 amide bonds. The topological polar surface area (TPSA) is 97.3 Å². The Balaban J connectivity index is 1.86. The minimum Gasteiger partial charge on any atom is -0.465 e. The van der Waals surface area contributed by atoms with Crippen molar-refractivity contribution in [3.63, 3.8) is 0 Å². The predicted octanol–water partition coefficient (Wildman–Crippen LogP) is 2.97. The predicted molar refractivity (Wildman–Crippen MR) is 90.8 cm³/mol. The van der Waals surface area contributed by atoms with Crippen molar-refractivity contribution in [2.45, 2.75) is 13.1 Å². The third-order valence-corrected chi connectivity index (χ3v) is 4.70. The Labute approximate surface area is 146 Å². The van der Waals surface area contributed by atoms with Crippen LogP contribution in [0.15, 0.2) is 24.5 Å².